The number of nitrogens with zero attached hydrogens (tertiary/aromatic N) is 2. The van der Waals surface area contributed by atoms with Crippen LogP contribution in [-0.4, -0.2) is 34.0 Å². The van der Waals surface area contributed by atoms with E-state index in [0.29, 0.717) is 18.1 Å². The van der Waals surface area contributed by atoms with Crippen molar-refractivity contribution in [3.8, 4) is 17.0 Å². The van der Waals surface area contributed by atoms with Crippen LogP contribution in [-0.2, 0) is 4.79 Å². The summed E-state index contributed by atoms with van der Waals surface area (Å²) in [7, 11) is 0. The number of benzene rings is 1. The molecule has 152 valence electrons. The molecule has 0 radical (unpaired) electrons. The van der Waals surface area contributed by atoms with Crippen molar-refractivity contribution in [2.24, 2.45) is 0 Å². The molecule has 6 rings (SSSR count). The van der Waals surface area contributed by atoms with Crippen molar-refractivity contribution < 1.29 is 9.53 Å². The summed E-state index contributed by atoms with van der Waals surface area (Å²) in [5.74, 6) is 0.527. The van der Waals surface area contributed by atoms with Gasteiger partial charge in [0.2, 0.25) is 5.88 Å². The largest absolute Gasteiger partial charge is 0.474 e. The van der Waals surface area contributed by atoms with E-state index >= 15 is 0 Å². The Labute approximate surface area is 178 Å². The molecule has 2 aliphatic rings. The molecule has 5 heterocycles. The van der Waals surface area contributed by atoms with Crippen molar-refractivity contribution in [1.29, 1.82) is 0 Å². The Balaban J connectivity index is 1.45. The molecule has 0 aliphatic carbocycles. The molecule has 1 amide bonds. The molecule has 0 bridgehead atoms. The predicted octanol–water partition coefficient (Wildman–Crippen LogP) is 4.23. The van der Waals surface area contributed by atoms with E-state index in [4.69, 9.17) is 4.74 Å². The van der Waals surface area contributed by atoms with Gasteiger partial charge < -0.3 is 20.4 Å². The first-order valence-corrected chi connectivity index (χ1v) is 10.1. The fraction of sp³-hybridized carbons (Fsp3) is 0.125. The van der Waals surface area contributed by atoms with Gasteiger partial charge in [0.25, 0.3) is 5.91 Å². The van der Waals surface area contributed by atoms with Crippen LogP contribution in [0.25, 0.3) is 33.7 Å². The lowest BCUT2D eigenvalue weighted by Gasteiger charge is -2.21. The van der Waals surface area contributed by atoms with Gasteiger partial charge in [-0.05, 0) is 48.4 Å². The standard InChI is InChI=1S/C24H19N5O2/c1-13-19(11-27-24-22(13)26-6-7-31-24)14-2-3-20-17(9-14)18(23(30)29-20)10-16-8-15-4-5-25-12-21(15)28-16/h2-5,8-12,26,28H,6-7H2,1H3,(H,29,30). The molecule has 0 saturated heterocycles. The molecule has 0 atom stereocenters. The average Bonchev–Trinajstić information content (AvgIpc) is 3.34. The molecule has 0 saturated carbocycles. The first kappa shape index (κ1) is 17.7. The zero-order valence-electron chi connectivity index (χ0n) is 16.8. The van der Waals surface area contributed by atoms with Gasteiger partial charge in [0.15, 0.2) is 0 Å². The first-order chi connectivity index (χ1) is 15.2. The second-order valence-corrected chi connectivity index (χ2v) is 7.71. The van der Waals surface area contributed by atoms with E-state index in [0.717, 1.165) is 56.8 Å². The summed E-state index contributed by atoms with van der Waals surface area (Å²) in [5.41, 5.74) is 8.13. The lowest BCUT2D eigenvalue weighted by molar-refractivity contribution is -0.110. The third-order valence-corrected chi connectivity index (χ3v) is 5.80. The number of aromatic amines is 1. The summed E-state index contributed by atoms with van der Waals surface area (Å²) in [5, 5.41) is 7.40. The maximum absolute atomic E-state index is 12.7. The van der Waals surface area contributed by atoms with Gasteiger partial charge in [-0.25, -0.2) is 4.98 Å². The molecule has 0 spiro atoms. The molecule has 4 aromatic rings. The molecule has 2 aliphatic heterocycles. The fourth-order valence-corrected chi connectivity index (χ4v) is 4.24. The number of hydrogen-bond acceptors (Lipinski definition) is 5. The van der Waals surface area contributed by atoms with E-state index in [1.54, 1.807) is 12.4 Å². The number of nitrogens with one attached hydrogen (secondary N) is 3. The van der Waals surface area contributed by atoms with Crippen molar-refractivity contribution in [3.63, 3.8) is 0 Å². The Hall–Kier alpha value is -4.13. The summed E-state index contributed by atoms with van der Waals surface area (Å²) in [6.45, 7) is 3.43. The lowest BCUT2D eigenvalue weighted by atomic mass is 9.96. The highest BCUT2D eigenvalue weighted by atomic mass is 16.5. The van der Waals surface area contributed by atoms with E-state index in [2.05, 4.69) is 32.5 Å². The van der Waals surface area contributed by atoms with E-state index < -0.39 is 0 Å². The highest BCUT2D eigenvalue weighted by molar-refractivity contribution is 6.35. The molecule has 0 unspecified atom stereocenters. The number of carbonyl (C=O) groups excluding carboxylic acids is 1. The minimum atomic E-state index is -0.112. The number of anilines is 2. The monoisotopic (exact) mass is 409 g/mol. The quantitative estimate of drug-likeness (QED) is 0.431. The third kappa shape index (κ3) is 2.85. The van der Waals surface area contributed by atoms with Crippen LogP contribution < -0.4 is 15.4 Å². The molecule has 0 fully saturated rings. The fourth-order valence-electron chi connectivity index (χ4n) is 4.24. The van der Waals surface area contributed by atoms with E-state index in [1.807, 2.05) is 42.6 Å². The summed E-state index contributed by atoms with van der Waals surface area (Å²) < 4.78 is 5.65. The van der Waals surface area contributed by atoms with Gasteiger partial charge in [-0.15, -0.1) is 0 Å². The number of ether oxygens (including phenoxy) is 1. The highest BCUT2D eigenvalue weighted by Crippen LogP contribution is 2.39. The van der Waals surface area contributed by atoms with Crippen LogP contribution >= 0.6 is 0 Å². The number of fused-ring (bicyclic) bond motifs is 3. The number of hydrogen-bond donors (Lipinski definition) is 3. The van der Waals surface area contributed by atoms with Crippen LogP contribution in [0, 0.1) is 6.92 Å². The zero-order valence-corrected chi connectivity index (χ0v) is 16.8. The van der Waals surface area contributed by atoms with Crippen molar-refractivity contribution >= 4 is 39.8 Å². The van der Waals surface area contributed by atoms with Gasteiger partial charge in [-0.1, -0.05) is 6.07 Å². The number of aromatic nitrogens is 3. The summed E-state index contributed by atoms with van der Waals surface area (Å²) in [6, 6.07) is 9.96. The molecule has 31 heavy (non-hydrogen) atoms. The van der Waals surface area contributed by atoms with Crippen molar-refractivity contribution in [3.05, 3.63) is 65.7 Å². The van der Waals surface area contributed by atoms with Crippen molar-refractivity contribution in [2.75, 3.05) is 23.8 Å². The SMILES string of the molecule is Cc1c(-c2ccc3c(c2)C(=Cc2cc4ccncc4[nH]2)C(=O)N3)cnc2c1NCCO2. The Morgan fingerprint density at radius 2 is 2.06 bits per heavy atom. The van der Waals surface area contributed by atoms with Gasteiger partial charge in [-0.3, -0.25) is 9.78 Å². The third-order valence-electron chi connectivity index (χ3n) is 5.80. The number of pyridine rings is 2. The predicted molar refractivity (Wildman–Crippen MR) is 121 cm³/mol. The Kier molecular flexibility index (Phi) is 3.83. The van der Waals surface area contributed by atoms with Crippen LogP contribution in [0.5, 0.6) is 5.88 Å². The summed E-state index contributed by atoms with van der Waals surface area (Å²) in [4.78, 5) is 24.6. The molecule has 3 aromatic heterocycles. The summed E-state index contributed by atoms with van der Waals surface area (Å²) >= 11 is 0. The molecule has 3 N–H and O–H groups in total. The normalized spacial score (nSPS) is 15.9. The van der Waals surface area contributed by atoms with Crippen LogP contribution in [0.15, 0.2) is 48.9 Å². The van der Waals surface area contributed by atoms with Gasteiger partial charge in [0, 0.05) is 46.8 Å². The molecule has 1 aromatic carbocycles. The van der Waals surface area contributed by atoms with Crippen molar-refractivity contribution in [1.82, 2.24) is 15.0 Å². The smallest absolute Gasteiger partial charge is 0.256 e. The second kappa shape index (κ2) is 6.70. The molecular formula is C24H19N5O2. The van der Waals surface area contributed by atoms with Crippen LogP contribution in [0.1, 0.15) is 16.8 Å². The molecule has 7 heteroatoms. The van der Waals surface area contributed by atoms with Gasteiger partial charge in [0.1, 0.15) is 12.3 Å². The minimum absolute atomic E-state index is 0.112. The maximum Gasteiger partial charge on any atom is 0.256 e. The Morgan fingerprint density at radius 1 is 1.13 bits per heavy atom. The van der Waals surface area contributed by atoms with Crippen LogP contribution in [0.3, 0.4) is 0 Å². The molecule has 7 nitrogen and oxygen atoms in total. The van der Waals surface area contributed by atoms with E-state index in [-0.39, 0.29) is 5.91 Å². The average molecular weight is 409 g/mol. The van der Waals surface area contributed by atoms with Gasteiger partial charge >= 0.3 is 0 Å². The number of rotatable bonds is 2. The second-order valence-electron chi connectivity index (χ2n) is 7.71. The Morgan fingerprint density at radius 3 is 2.97 bits per heavy atom. The van der Waals surface area contributed by atoms with E-state index in [1.165, 1.54) is 0 Å². The Bertz CT molecular complexity index is 1370. The first-order valence-electron chi connectivity index (χ1n) is 10.1. The number of amides is 1. The van der Waals surface area contributed by atoms with Gasteiger partial charge in [-0.2, -0.15) is 0 Å². The van der Waals surface area contributed by atoms with E-state index in [9.17, 15) is 4.79 Å². The highest BCUT2D eigenvalue weighted by Gasteiger charge is 2.25. The number of H-pyrrole nitrogens is 1. The van der Waals surface area contributed by atoms with Crippen LogP contribution in [0.4, 0.5) is 11.4 Å². The maximum atomic E-state index is 12.7. The van der Waals surface area contributed by atoms with Crippen LogP contribution in [0.2, 0.25) is 0 Å². The minimum Gasteiger partial charge on any atom is -0.474 e. The topological polar surface area (TPSA) is 91.9 Å². The summed E-state index contributed by atoms with van der Waals surface area (Å²) in [6.07, 6.45) is 7.26. The molecular weight excluding hydrogens is 390 g/mol. The lowest BCUT2D eigenvalue weighted by Crippen LogP contribution is -2.20. The van der Waals surface area contributed by atoms with Gasteiger partial charge in [0.05, 0.1) is 17.3 Å². The number of carbonyl (C=O) groups is 1. The zero-order chi connectivity index (χ0) is 20.9. The van der Waals surface area contributed by atoms with Crippen molar-refractivity contribution in [2.45, 2.75) is 6.92 Å².